The van der Waals surface area contributed by atoms with Gasteiger partial charge in [0.25, 0.3) is 0 Å². The molecule has 0 spiro atoms. The highest BCUT2D eigenvalue weighted by Gasteiger charge is 2.23. The molecule has 0 saturated carbocycles. The van der Waals surface area contributed by atoms with E-state index in [4.69, 9.17) is 11.6 Å². The Bertz CT molecular complexity index is 453. The first kappa shape index (κ1) is 23.1. The Morgan fingerprint density at radius 1 is 1.23 bits per heavy atom. The van der Waals surface area contributed by atoms with Crippen molar-refractivity contribution >= 4 is 23.2 Å². The van der Waals surface area contributed by atoms with Gasteiger partial charge in [0.2, 0.25) is 5.91 Å². The van der Waals surface area contributed by atoms with Gasteiger partial charge in [0.05, 0.1) is 5.69 Å². The van der Waals surface area contributed by atoms with E-state index in [1.165, 1.54) is 17.9 Å². The maximum atomic E-state index is 13.9. The zero-order chi connectivity index (χ0) is 17.9. The fraction of sp³-hybridized carbons (Fsp3) is 0.588. The van der Waals surface area contributed by atoms with Gasteiger partial charge >= 0.3 is 0 Å². The van der Waals surface area contributed by atoms with E-state index in [9.17, 15) is 13.6 Å². The molecule has 0 N–H and O–H groups in total. The van der Waals surface area contributed by atoms with Gasteiger partial charge in [-0.15, -0.1) is 0 Å². The summed E-state index contributed by atoms with van der Waals surface area (Å²) in [6, 6.07) is 2.14. The van der Waals surface area contributed by atoms with Crippen LogP contribution in [0.15, 0.2) is 12.1 Å². The molecule has 0 radical (unpaired) electrons. The predicted octanol–water partition coefficient (Wildman–Crippen LogP) is 6.21. The molecule has 1 aromatic carbocycles. The smallest absolute Gasteiger partial charge is 0.224 e. The number of carbonyl (C=O) groups excluding carboxylic acids is 1. The van der Waals surface area contributed by atoms with E-state index in [1.54, 1.807) is 0 Å². The minimum Gasteiger partial charge on any atom is -0.307 e. The summed E-state index contributed by atoms with van der Waals surface area (Å²) in [4.78, 5) is 12.9. The van der Waals surface area contributed by atoms with Crippen LogP contribution in [0.2, 0.25) is 5.02 Å². The highest BCUT2D eigenvalue weighted by molar-refractivity contribution is 6.31. The van der Waals surface area contributed by atoms with E-state index in [0.29, 0.717) is 0 Å². The lowest BCUT2D eigenvalue weighted by atomic mass is 10.1. The van der Waals surface area contributed by atoms with E-state index < -0.39 is 16.7 Å². The van der Waals surface area contributed by atoms with Gasteiger partial charge in [-0.1, -0.05) is 52.6 Å². The SMILES string of the molecule is CC.CC.CCCC(C)N(C(C)=O)c1ccc(F)c(Cl)c1F. The van der Waals surface area contributed by atoms with Gasteiger partial charge in [0.15, 0.2) is 5.82 Å². The molecule has 22 heavy (non-hydrogen) atoms. The fourth-order valence-electron chi connectivity index (χ4n) is 1.97. The molecule has 2 nitrogen and oxygen atoms in total. The lowest BCUT2D eigenvalue weighted by Crippen LogP contribution is -2.37. The van der Waals surface area contributed by atoms with Crippen LogP contribution in [-0.2, 0) is 4.79 Å². The van der Waals surface area contributed by atoms with Crippen LogP contribution >= 0.6 is 11.6 Å². The van der Waals surface area contributed by atoms with E-state index in [2.05, 4.69) is 0 Å². The zero-order valence-corrected chi connectivity index (χ0v) is 15.4. The molecule has 0 aliphatic heterocycles. The van der Waals surface area contributed by atoms with Crippen molar-refractivity contribution in [3.8, 4) is 0 Å². The van der Waals surface area contributed by atoms with Crippen LogP contribution in [0.1, 0.15) is 61.3 Å². The standard InChI is InChI=1S/C13H16ClF2NO.2C2H6/c1-4-5-8(2)17(9(3)18)11-7-6-10(15)12(14)13(11)16;2*1-2/h6-8H,4-5H2,1-3H3;2*1-2H3. The van der Waals surface area contributed by atoms with Crippen LogP contribution in [0.25, 0.3) is 0 Å². The van der Waals surface area contributed by atoms with Crippen LogP contribution < -0.4 is 4.90 Å². The third-order valence-corrected chi connectivity index (χ3v) is 3.11. The van der Waals surface area contributed by atoms with Crippen molar-refractivity contribution < 1.29 is 13.6 Å². The summed E-state index contributed by atoms with van der Waals surface area (Å²) in [5, 5.41) is -0.581. The normalized spacial score (nSPS) is 10.6. The average Bonchev–Trinajstić information content (AvgIpc) is 2.51. The van der Waals surface area contributed by atoms with Crippen molar-refractivity contribution in [2.75, 3.05) is 4.90 Å². The van der Waals surface area contributed by atoms with E-state index >= 15 is 0 Å². The second kappa shape index (κ2) is 12.4. The minimum absolute atomic E-state index is 0.0230. The largest absolute Gasteiger partial charge is 0.307 e. The summed E-state index contributed by atoms with van der Waals surface area (Å²) in [6.45, 7) is 13.1. The molecular weight excluding hydrogens is 308 g/mol. The van der Waals surface area contributed by atoms with Crippen molar-refractivity contribution in [3.63, 3.8) is 0 Å². The summed E-state index contributed by atoms with van der Waals surface area (Å²) in [6.07, 6.45) is 1.59. The number of anilines is 1. The molecule has 0 bridgehead atoms. The molecule has 1 amide bonds. The van der Waals surface area contributed by atoms with E-state index in [1.807, 2.05) is 41.5 Å². The Hall–Kier alpha value is -1.16. The molecule has 0 saturated heterocycles. The molecule has 0 aliphatic rings. The second-order valence-corrected chi connectivity index (χ2v) is 4.60. The molecule has 0 heterocycles. The lowest BCUT2D eigenvalue weighted by Gasteiger charge is -2.28. The van der Waals surface area contributed by atoms with Crippen LogP contribution in [0.4, 0.5) is 14.5 Å². The predicted molar refractivity (Wildman–Crippen MR) is 91.6 cm³/mol. The summed E-state index contributed by atoms with van der Waals surface area (Å²) in [5.41, 5.74) is 0.0230. The van der Waals surface area contributed by atoms with Crippen LogP contribution in [0.3, 0.4) is 0 Å². The highest BCUT2D eigenvalue weighted by Crippen LogP contribution is 2.30. The third kappa shape index (κ3) is 6.30. The zero-order valence-electron chi connectivity index (χ0n) is 14.6. The van der Waals surface area contributed by atoms with Crippen molar-refractivity contribution in [3.05, 3.63) is 28.8 Å². The lowest BCUT2D eigenvalue weighted by molar-refractivity contribution is -0.117. The maximum Gasteiger partial charge on any atom is 0.224 e. The third-order valence-electron chi connectivity index (χ3n) is 2.76. The van der Waals surface area contributed by atoms with E-state index in [0.717, 1.165) is 18.9 Å². The monoisotopic (exact) mass is 335 g/mol. The Morgan fingerprint density at radius 2 is 1.73 bits per heavy atom. The van der Waals surface area contributed by atoms with E-state index in [-0.39, 0.29) is 17.6 Å². The van der Waals surface area contributed by atoms with Crippen molar-refractivity contribution in [2.24, 2.45) is 0 Å². The Kier molecular flexibility index (Phi) is 13.0. The number of carbonyl (C=O) groups is 1. The quantitative estimate of drug-likeness (QED) is 0.599. The summed E-state index contributed by atoms with van der Waals surface area (Å²) in [5.74, 6) is -2.02. The van der Waals surface area contributed by atoms with Gasteiger partial charge in [-0.05, 0) is 25.5 Å². The number of halogens is 3. The molecule has 1 aromatic rings. The molecular formula is C17H28ClF2NO. The van der Waals surface area contributed by atoms with Gasteiger partial charge in [-0.25, -0.2) is 8.78 Å². The van der Waals surface area contributed by atoms with Crippen molar-refractivity contribution in [1.82, 2.24) is 0 Å². The molecule has 1 rings (SSSR count). The average molecular weight is 336 g/mol. The first-order valence-corrected chi connectivity index (χ1v) is 8.21. The number of amides is 1. The molecule has 0 aliphatic carbocycles. The van der Waals surface area contributed by atoms with Gasteiger partial charge < -0.3 is 4.90 Å². The summed E-state index contributed by atoms with van der Waals surface area (Å²) < 4.78 is 27.0. The van der Waals surface area contributed by atoms with Gasteiger partial charge in [0.1, 0.15) is 10.8 Å². The first-order chi connectivity index (χ1) is 10.4. The molecule has 128 valence electrons. The van der Waals surface area contributed by atoms with Crippen LogP contribution in [0, 0.1) is 11.6 Å². The Morgan fingerprint density at radius 3 is 2.14 bits per heavy atom. The fourth-order valence-corrected chi connectivity index (χ4v) is 2.13. The number of benzene rings is 1. The molecule has 0 fully saturated rings. The van der Waals surface area contributed by atoms with Crippen molar-refractivity contribution in [2.45, 2.75) is 67.3 Å². The highest BCUT2D eigenvalue weighted by atomic mass is 35.5. The second-order valence-electron chi connectivity index (χ2n) is 4.22. The van der Waals surface area contributed by atoms with Gasteiger partial charge in [0, 0.05) is 13.0 Å². The Labute approximate surface area is 138 Å². The molecule has 5 heteroatoms. The number of rotatable bonds is 4. The minimum atomic E-state index is -0.894. The maximum absolute atomic E-state index is 13.9. The van der Waals surface area contributed by atoms with Crippen molar-refractivity contribution in [1.29, 1.82) is 0 Å². The first-order valence-electron chi connectivity index (χ1n) is 7.83. The Balaban J connectivity index is 0. The van der Waals surface area contributed by atoms with Crippen LogP contribution in [0.5, 0.6) is 0 Å². The topological polar surface area (TPSA) is 20.3 Å². The molecule has 1 unspecified atom stereocenters. The summed E-state index contributed by atoms with van der Waals surface area (Å²) in [7, 11) is 0. The number of hydrogen-bond acceptors (Lipinski definition) is 1. The number of nitrogens with zero attached hydrogens (tertiary/aromatic N) is 1. The van der Waals surface area contributed by atoms with Crippen LogP contribution in [-0.4, -0.2) is 11.9 Å². The van der Waals surface area contributed by atoms with Gasteiger partial charge in [-0.3, -0.25) is 4.79 Å². The summed E-state index contributed by atoms with van der Waals surface area (Å²) >= 11 is 5.53. The molecule has 1 atom stereocenters. The van der Waals surface area contributed by atoms with Gasteiger partial charge in [-0.2, -0.15) is 0 Å². The number of hydrogen-bond donors (Lipinski definition) is 0. The molecule has 0 aromatic heterocycles.